The van der Waals surface area contributed by atoms with Gasteiger partial charge in [-0.05, 0) is 0 Å². The molecule has 0 aliphatic heterocycles. The Balaban J connectivity index is 0. The van der Waals surface area contributed by atoms with Gasteiger partial charge >= 0.3 is 67.2 Å². The molecule has 0 aromatic carbocycles. The fraction of sp³-hybridized carbons (Fsp3) is 0. The summed E-state index contributed by atoms with van der Waals surface area (Å²) in [4.78, 5) is 0. The topological polar surface area (TPSA) is 28.5 Å². The number of hydrogen-bond donors (Lipinski definition) is 0. The summed E-state index contributed by atoms with van der Waals surface area (Å²) < 4.78 is 0. The summed E-state index contributed by atoms with van der Waals surface area (Å²) in [6.07, 6.45) is 0. The van der Waals surface area contributed by atoms with Gasteiger partial charge in [-0.15, -0.1) is 0 Å². The maximum atomic E-state index is 0. The molecule has 0 aliphatic rings. The zero-order chi connectivity index (χ0) is 0. The largest absolute Gasteiger partial charge is 4.00 e. The number of rotatable bonds is 0. The van der Waals surface area contributed by atoms with Crippen LogP contribution in [0.5, 0.6) is 0 Å². The molecule has 0 aromatic rings. The van der Waals surface area contributed by atoms with Crippen LogP contribution in [0.4, 0.5) is 0 Å². The molecule has 0 bridgehead atoms. The van der Waals surface area contributed by atoms with Crippen molar-refractivity contribution in [1.29, 1.82) is 0 Å². The summed E-state index contributed by atoms with van der Waals surface area (Å²) in [7, 11) is 0. The van der Waals surface area contributed by atoms with Crippen LogP contribution in [0, 0.1) is 0 Å². The van der Waals surface area contributed by atoms with Crippen molar-refractivity contribution in [2.45, 2.75) is 0 Å². The van der Waals surface area contributed by atoms with Gasteiger partial charge in [0.25, 0.3) is 0 Å². The zero-order valence-corrected chi connectivity index (χ0v) is 8.50. The molecule has 0 heterocycles. The summed E-state index contributed by atoms with van der Waals surface area (Å²) in [6.45, 7) is 0. The smallest absolute Gasteiger partial charge is 2.00 e. The van der Waals surface area contributed by atoms with Gasteiger partial charge in [0.2, 0.25) is 0 Å². The Morgan fingerprint density at radius 3 is 1.00 bits per heavy atom. The first-order valence-corrected chi connectivity index (χ1v) is 0. The van der Waals surface area contributed by atoms with Gasteiger partial charge < -0.3 is 5.48 Å². The van der Waals surface area contributed by atoms with E-state index in [9.17, 15) is 0 Å². The molecule has 0 unspecified atom stereocenters. The van der Waals surface area contributed by atoms with Crippen LogP contribution in [0.25, 0.3) is 0 Å². The van der Waals surface area contributed by atoms with Crippen molar-refractivity contribution in [1.82, 2.24) is 0 Å². The predicted octanol–water partition coefficient (Wildman–Crippen LogP) is -0.505. The molecule has 0 spiro atoms. The summed E-state index contributed by atoms with van der Waals surface area (Å²) >= 11 is 0. The van der Waals surface area contributed by atoms with Crippen molar-refractivity contribution in [2.75, 3.05) is 0 Å². The van der Waals surface area contributed by atoms with Crippen LogP contribution in [0.15, 0.2) is 0 Å². The van der Waals surface area contributed by atoms with Gasteiger partial charge in [-0.3, -0.25) is 0 Å². The van der Waals surface area contributed by atoms with E-state index >= 15 is 0 Å². The Hall–Kier alpha value is 2.74. The summed E-state index contributed by atoms with van der Waals surface area (Å²) in [5.74, 6) is 0. The SMILES string of the molecule is [O-2].[Sr+2].[Ti+4].[V]. The molecule has 0 N–H and O–H groups in total. The summed E-state index contributed by atoms with van der Waals surface area (Å²) in [5, 5.41) is 0. The quantitative estimate of drug-likeness (QED) is 0.474. The van der Waals surface area contributed by atoms with Crippen molar-refractivity contribution < 1.29 is 45.7 Å². The first kappa shape index (κ1) is 29.6. The van der Waals surface area contributed by atoms with Gasteiger partial charge in [0, 0.05) is 18.6 Å². The molecule has 13 valence electrons. The molecule has 1 nitrogen and oxygen atoms in total. The third-order valence-electron chi connectivity index (χ3n) is 0. The monoisotopic (exact) mass is 203 g/mol. The van der Waals surface area contributed by atoms with Crippen LogP contribution in [-0.2, 0) is 45.7 Å². The molecule has 0 fully saturated rings. The second kappa shape index (κ2) is 17.2. The summed E-state index contributed by atoms with van der Waals surface area (Å²) in [5.41, 5.74) is 0. The zero-order valence-electron chi connectivity index (χ0n) is 2.06. The van der Waals surface area contributed by atoms with Gasteiger partial charge in [0.15, 0.2) is 0 Å². The van der Waals surface area contributed by atoms with Gasteiger partial charge in [-0.1, -0.05) is 0 Å². The van der Waals surface area contributed by atoms with Crippen molar-refractivity contribution >= 4 is 45.5 Å². The first-order chi connectivity index (χ1) is 0. The second-order valence-corrected chi connectivity index (χ2v) is 0. The minimum Gasteiger partial charge on any atom is -2.00 e. The third kappa shape index (κ3) is 8.83. The average Bonchev–Trinajstić information content (AvgIpc) is 0. The van der Waals surface area contributed by atoms with E-state index in [0.717, 1.165) is 0 Å². The molecule has 4 heteroatoms. The Kier molecular flexibility index (Phi) is 127. The standard InChI is InChI=1S/O.Sr.Ti.V/q-2;+2;+4;. The minimum atomic E-state index is 0. The molecule has 0 saturated heterocycles. The van der Waals surface area contributed by atoms with Crippen LogP contribution >= 0.6 is 0 Å². The van der Waals surface area contributed by atoms with Crippen molar-refractivity contribution in [3.8, 4) is 0 Å². The van der Waals surface area contributed by atoms with E-state index in [4.69, 9.17) is 0 Å². The molecule has 0 amide bonds. The van der Waals surface area contributed by atoms with E-state index in [1.807, 2.05) is 0 Å². The van der Waals surface area contributed by atoms with E-state index in [2.05, 4.69) is 0 Å². The molecular weight excluding hydrogens is 202 g/mol. The Bertz CT molecular complexity index is 8.00. The van der Waals surface area contributed by atoms with Crippen molar-refractivity contribution in [3.63, 3.8) is 0 Å². The van der Waals surface area contributed by atoms with Crippen molar-refractivity contribution in [3.05, 3.63) is 0 Å². The summed E-state index contributed by atoms with van der Waals surface area (Å²) in [6, 6.07) is 0. The van der Waals surface area contributed by atoms with Gasteiger partial charge in [0.1, 0.15) is 0 Å². The fourth-order valence-electron chi connectivity index (χ4n) is 0. The Morgan fingerprint density at radius 2 is 1.00 bits per heavy atom. The minimum absolute atomic E-state index is 0. The predicted molar refractivity (Wildman–Crippen MR) is 6.44 cm³/mol. The van der Waals surface area contributed by atoms with E-state index in [0.29, 0.717) is 0 Å². The second-order valence-electron chi connectivity index (χ2n) is 0. The first-order valence-electron chi connectivity index (χ1n) is 0. The van der Waals surface area contributed by atoms with Crippen molar-refractivity contribution in [2.24, 2.45) is 0 Å². The van der Waals surface area contributed by atoms with Crippen LogP contribution in [0.2, 0.25) is 0 Å². The Morgan fingerprint density at radius 1 is 1.00 bits per heavy atom. The van der Waals surface area contributed by atoms with Gasteiger partial charge in [0.05, 0.1) is 0 Å². The fourth-order valence-corrected chi connectivity index (χ4v) is 0. The molecule has 0 aromatic heterocycles. The van der Waals surface area contributed by atoms with Gasteiger partial charge in [-0.25, -0.2) is 0 Å². The van der Waals surface area contributed by atoms with Crippen LogP contribution in [-0.4, -0.2) is 45.5 Å². The van der Waals surface area contributed by atoms with Gasteiger partial charge in [-0.2, -0.15) is 0 Å². The number of hydrogen-bond acceptors (Lipinski definition) is 0. The molecule has 4 heavy (non-hydrogen) atoms. The molecule has 0 rings (SSSR count). The average molecular weight is 202 g/mol. The van der Waals surface area contributed by atoms with Crippen LogP contribution in [0.3, 0.4) is 0 Å². The molecule has 0 atom stereocenters. The van der Waals surface area contributed by atoms with Crippen LogP contribution < -0.4 is 0 Å². The van der Waals surface area contributed by atoms with E-state index in [1.54, 1.807) is 0 Å². The van der Waals surface area contributed by atoms with Crippen LogP contribution in [0.1, 0.15) is 0 Å². The Labute approximate surface area is 89.3 Å². The maximum Gasteiger partial charge on any atom is 4.00 e. The molecule has 0 saturated carbocycles. The molecular formula is OSrTiV+4. The third-order valence-corrected chi connectivity index (χ3v) is 0. The molecule has 0 aliphatic carbocycles. The molecule has 1 radical (unpaired) electrons. The normalized spacial score (nSPS) is 0. The van der Waals surface area contributed by atoms with E-state index < -0.39 is 0 Å². The van der Waals surface area contributed by atoms with E-state index in [-0.39, 0.29) is 91.2 Å². The maximum absolute atomic E-state index is 0. The van der Waals surface area contributed by atoms with E-state index in [1.165, 1.54) is 0 Å².